The van der Waals surface area contributed by atoms with Crippen LogP contribution in [0.15, 0.2) is 24.3 Å². The van der Waals surface area contributed by atoms with Crippen molar-refractivity contribution in [3.63, 3.8) is 0 Å². The Morgan fingerprint density at radius 3 is 2.54 bits per heavy atom. The molecule has 1 aliphatic rings. The maximum Gasteiger partial charge on any atom is 0.222 e. The molecule has 1 atom stereocenters. The highest BCUT2D eigenvalue weighted by molar-refractivity contribution is 6.30. The average molecular weight is 380 g/mol. The van der Waals surface area contributed by atoms with Gasteiger partial charge < -0.3 is 9.80 Å². The summed E-state index contributed by atoms with van der Waals surface area (Å²) < 4.78 is 0. The summed E-state index contributed by atoms with van der Waals surface area (Å²) >= 11 is 6.08. The number of hydrogen-bond acceptors (Lipinski definition) is 3. The summed E-state index contributed by atoms with van der Waals surface area (Å²) in [5, 5.41) is 0.733. The van der Waals surface area contributed by atoms with E-state index in [0.29, 0.717) is 19.0 Å². The van der Waals surface area contributed by atoms with E-state index in [1.54, 1.807) is 0 Å². The Kier molecular flexibility index (Phi) is 8.89. The molecule has 0 N–H and O–H groups in total. The second-order valence-corrected chi connectivity index (χ2v) is 7.52. The molecular weight excluding hydrogens is 346 g/mol. The number of likely N-dealkylation sites (tertiary alicyclic amines) is 1. The van der Waals surface area contributed by atoms with Crippen molar-refractivity contribution >= 4 is 17.5 Å². The number of amides is 1. The third-order valence-electron chi connectivity index (χ3n) is 5.56. The van der Waals surface area contributed by atoms with Gasteiger partial charge in [-0.1, -0.05) is 44.5 Å². The first kappa shape index (κ1) is 21.2. The van der Waals surface area contributed by atoms with Crippen LogP contribution in [0.25, 0.3) is 0 Å². The van der Waals surface area contributed by atoms with E-state index in [2.05, 4.69) is 30.6 Å². The van der Waals surface area contributed by atoms with E-state index in [9.17, 15) is 4.79 Å². The molecule has 146 valence electrons. The maximum atomic E-state index is 12.6. The lowest BCUT2D eigenvalue weighted by molar-refractivity contribution is -0.131. The van der Waals surface area contributed by atoms with Crippen molar-refractivity contribution in [2.75, 3.05) is 39.3 Å². The fourth-order valence-corrected chi connectivity index (χ4v) is 4.03. The van der Waals surface area contributed by atoms with Gasteiger partial charge >= 0.3 is 0 Å². The molecule has 26 heavy (non-hydrogen) atoms. The van der Waals surface area contributed by atoms with Crippen LogP contribution in [0, 0.1) is 0 Å². The van der Waals surface area contributed by atoms with Crippen LogP contribution in [0.5, 0.6) is 0 Å². The Hall–Kier alpha value is -1.10. The van der Waals surface area contributed by atoms with Gasteiger partial charge in [-0.3, -0.25) is 9.69 Å². The van der Waals surface area contributed by atoms with Crippen molar-refractivity contribution in [1.82, 2.24) is 14.7 Å². The van der Waals surface area contributed by atoms with E-state index in [4.69, 9.17) is 11.6 Å². The molecule has 1 fully saturated rings. The van der Waals surface area contributed by atoms with Crippen molar-refractivity contribution in [3.8, 4) is 0 Å². The van der Waals surface area contributed by atoms with Gasteiger partial charge in [0.1, 0.15) is 0 Å². The van der Waals surface area contributed by atoms with Crippen molar-refractivity contribution in [1.29, 1.82) is 0 Å². The summed E-state index contributed by atoms with van der Waals surface area (Å²) in [7, 11) is 0. The Labute approximate surface area is 164 Å². The lowest BCUT2D eigenvalue weighted by Gasteiger charge is -2.32. The molecule has 0 aromatic heterocycles. The van der Waals surface area contributed by atoms with E-state index < -0.39 is 0 Å². The van der Waals surface area contributed by atoms with Crippen molar-refractivity contribution in [2.24, 2.45) is 0 Å². The highest BCUT2D eigenvalue weighted by Gasteiger charge is 2.26. The summed E-state index contributed by atoms with van der Waals surface area (Å²) in [6.45, 7) is 13.6. The van der Waals surface area contributed by atoms with Gasteiger partial charge in [0.2, 0.25) is 5.91 Å². The highest BCUT2D eigenvalue weighted by Crippen LogP contribution is 2.20. The normalized spacial score (nSPS) is 18.6. The molecule has 4 nitrogen and oxygen atoms in total. The molecule has 0 aliphatic carbocycles. The molecule has 0 saturated carbocycles. The molecule has 1 amide bonds. The van der Waals surface area contributed by atoms with Gasteiger partial charge in [0.15, 0.2) is 0 Å². The summed E-state index contributed by atoms with van der Waals surface area (Å²) in [6.07, 6.45) is 2.67. The fourth-order valence-electron chi connectivity index (χ4n) is 3.82. The smallest absolute Gasteiger partial charge is 0.222 e. The number of halogens is 1. The van der Waals surface area contributed by atoms with Gasteiger partial charge in [0, 0.05) is 43.7 Å². The van der Waals surface area contributed by atoms with E-state index in [-0.39, 0.29) is 5.91 Å². The van der Waals surface area contributed by atoms with Crippen LogP contribution in [0.4, 0.5) is 0 Å². The first-order chi connectivity index (χ1) is 12.6. The Bertz CT molecular complexity index is 562. The highest BCUT2D eigenvalue weighted by atomic mass is 35.5. The van der Waals surface area contributed by atoms with E-state index in [1.807, 2.05) is 29.2 Å². The molecule has 2 rings (SSSR count). The lowest BCUT2D eigenvalue weighted by atomic mass is 10.1. The topological polar surface area (TPSA) is 26.8 Å². The summed E-state index contributed by atoms with van der Waals surface area (Å²) in [5.74, 6) is 0.271. The predicted octanol–water partition coefficient (Wildman–Crippen LogP) is 3.88. The summed E-state index contributed by atoms with van der Waals surface area (Å²) in [6, 6.07) is 8.34. The molecule has 1 heterocycles. The second kappa shape index (κ2) is 10.9. The molecule has 1 aromatic rings. The Balaban J connectivity index is 1.92. The minimum atomic E-state index is 0.271. The van der Waals surface area contributed by atoms with Gasteiger partial charge in [-0.25, -0.2) is 0 Å². The summed E-state index contributed by atoms with van der Waals surface area (Å²) in [5.41, 5.74) is 1.11. The number of hydrogen-bond donors (Lipinski definition) is 0. The van der Waals surface area contributed by atoms with Gasteiger partial charge in [0.25, 0.3) is 0 Å². The molecule has 0 radical (unpaired) electrons. The van der Waals surface area contributed by atoms with Gasteiger partial charge in [-0.2, -0.15) is 0 Å². The number of carbonyl (C=O) groups is 1. The fraction of sp³-hybridized carbons (Fsp3) is 0.667. The van der Waals surface area contributed by atoms with E-state index in [1.165, 1.54) is 0 Å². The van der Waals surface area contributed by atoms with Crippen LogP contribution < -0.4 is 0 Å². The van der Waals surface area contributed by atoms with Crippen LogP contribution in [0.3, 0.4) is 0 Å². The van der Waals surface area contributed by atoms with Gasteiger partial charge in [0.05, 0.1) is 0 Å². The quantitative estimate of drug-likeness (QED) is 0.651. The predicted molar refractivity (Wildman–Crippen MR) is 110 cm³/mol. The van der Waals surface area contributed by atoms with Gasteiger partial charge in [-0.05, 0) is 50.2 Å². The van der Waals surface area contributed by atoms with E-state index >= 15 is 0 Å². The molecule has 1 aromatic carbocycles. The zero-order valence-electron chi connectivity index (χ0n) is 16.6. The molecule has 5 heteroatoms. The monoisotopic (exact) mass is 379 g/mol. The van der Waals surface area contributed by atoms with Crippen LogP contribution in [0.1, 0.15) is 45.6 Å². The Morgan fingerprint density at radius 1 is 1.12 bits per heavy atom. The van der Waals surface area contributed by atoms with Crippen LogP contribution >= 0.6 is 11.6 Å². The minimum Gasteiger partial charge on any atom is -0.338 e. The number of likely N-dealkylation sites (N-methyl/N-ethyl adjacent to an activating group) is 2. The maximum absolute atomic E-state index is 12.6. The number of carbonyl (C=O) groups excluding carboxylic acids is 1. The zero-order chi connectivity index (χ0) is 18.9. The average Bonchev–Trinajstić information content (AvgIpc) is 2.82. The van der Waals surface area contributed by atoms with Crippen LogP contribution in [0.2, 0.25) is 5.02 Å². The Morgan fingerprint density at radius 2 is 1.88 bits per heavy atom. The second-order valence-electron chi connectivity index (χ2n) is 7.08. The first-order valence-corrected chi connectivity index (χ1v) is 10.4. The van der Waals surface area contributed by atoms with Crippen molar-refractivity contribution in [2.45, 2.75) is 52.6 Å². The van der Waals surface area contributed by atoms with Crippen LogP contribution in [-0.2, 0) is 11.3 Å². The third kappa shape index (κ3) is 6.26. The number of rotatable bonds is 9. The lowest BCUT2D eigenvalue weighted by Crippen LogP contribution is -2.41. The molecular formula is C21H34ClN3O. The van der Waals surface area contributed by atoms with Crippen molar-refractivity contribution < 1.29 is 4.79 Å². The third-order valence-corrected chi connectivity index (χ3v) is 5.79. The minimum absolute atomic E-state index is 0.271. The van der Waals surface area contributed by atoms with Gasteiger partial charge in [-0.15, -0.1) is 0 Å². The molecule has 1 saturated heterocycles. The largest absolute Gasteiger partial charge is 0.338 e. The number of nitrogens with zero attached hydrogens (tertiary/aromatic N) is 3. The zero-order valence-corrected chi connectivity index (χ0v) is 17.3. The summed E-state index contributed by atoms with van der Waals surface area (Å²) in [4.78, 5) is 19.6. The SMILES string of the molecule is CCN(CC)CCN(CC)C1CCC(=O)N(Cc2cccc(Cl)c2)CC1. The first-order valence-electron chi connectivity index (χ1n) is 10.1. The molecule has 1 unspecified atom stereocenters. The van der Waals surface area contributed by atoms with E-state index in [0.717, 1.165) is 62.7 Å². The molecule has 1 aliphatic heterocycles. The molecule has 0 bridgehead atoms. The number of benzene rings is 1. The van der Waals surface area contributed by atoms with Crippen LogP contribution in [-0.4, -0.2) is 65.9 Å². The standard InChI is InChI=1S/C21H34ClN3O/c1-4-23(5-2)14-15-24(6-3)20-10-11-21(26)25(13-12-20)17-18-8-7-9-19(22)16-18/h7-9,16,20H,4-6,10-15,17H2,1-3H3. The molecule has 0 spiro atoms. The van der Waals surface area contributed by atoms with Crippen molar-refractivity contribution in [3.05, 3.63) is 34.9 Å².